The van der Waals surface area contributed by atoms with E-state index in [1.807, 2.05) is 30.3 Å². The zero-order valence-electron chi connectivity index (χ0n) is 15.6. The third kappa shape index (κ3) is 3.85. The Morgan fingerprint density at radius 2 is 1.85 bits per heavy atom. The molecular formula is C20H28N2O4. The third-order valence-corrected chi connectivity index (χ3v) is 5.35. The van der Waals surface area contributed by atoms with Crippen molar-refractivity contribution >= 4 is 17.7 Å². The smallest absolute Gasteiger partial charge is 0.415 e. The molecule has 0 atom stereocenters. The average molecular weight is 360 g/mol. The predicted octanol–water partition coefficient (Wildman–Crippen LogP) is 3.07. The van der Waals surface area contributed by atoms with Crippen molar-refractivity contribution in [2.45, 2.75) is 38.1 Å². The van der Waals surface area contributed by atoms with E-state index in [1.165, 1.54) is 24.9 Å². The van der Waals surface area contributed by atoms with Crippen molar-refractivity contribution in [3.05, 3.63) is 30.3 Å². The second-order valence-electron chi connectivity index (χ2n) is 7.14. The van der Waals surface area contributed by atoms with Crippen molar-refractivity contribution in [3.8, 4) is 0 Å². The number of ether oxygens (including phenoxy) is 2. The molecule has 0 unspecified atom stereocenters. The summed E-state index contributed by atoms with van der Waals surface area (Å²) in [6, 6.07) is 9.26. The number of carbonyl (C=O) groups excluding carboxylic acids is 2. The van der Waals surface area contributed by atoms with Crippen LogP contribution < -0.4 is 4.90 Å². The quantitative estimate of drug-likeness (QED) is 0.730. The molecule has 1 aromatic rings. The summed E-state index contributed by atoms with van der Waals surface area (Å²) in [5.41, 5.74) is -0.366. The van der Waals surface area contributed by atoms with Gasteiger partial charge in [-0.15, -0.1) is 0 Å². The number of hydrogen-bond acceptors (Lipinski definition) is 5. The number of benzene rings is 1. The van der Waals surface area contributed by atoms with Crippen LogP contribution in [-0.4, -0.2) is 55.9 Å². The van der Waals surface area contributed by atoms with E-state index in [9.17, 15) is 9.59 Å². The van der Waals surface area contributed by atoms with E-state index in [4.69, 9.17) is 9.47 Å². The summed E-state index contributed by atoms with van der Waals surface area (Å²) >= 11 is 0. The monoisotopic (exact) mass is 360 g/mol. The van der Waals surface area contributed by atoms with Crippen LogP contribution in [0.4, 0.5) is 10.5 Å². The summed E-state index contributed by atoms with van der Waals surface area (Å²) in [7, 11) is 1.38. The predicted molar refractivity (Wildman–Crippen MR) is 99.1 cm³/mol. The number of piperidine rings is 1. The number of hydrogen-bond donors (Lipinski definition) is 0. The van der Waals surface area contributed by atoms with Crippen LogP contribution in [0.2, 0.25) is 0 Å². The van der Waals surface area contributed by atoms with Crippen LogP contribution in [0.15, 0.2) is 30.3 Å². The van der Waals surface area contributed by atoms with E-state index in [-0.39, 0.29) is 12.6 Å². The molecule has 1 saturated heterocycles. The number of methoxy groups -OCH3 is 1. The Bertz CT molecular complexity index is 622. The molecule has 0 spiro atoms. The standard InChI is InChI=1S/C20H28N2O4/c1-3-26-19(24)22(17-7-5-4-6-8-17)20(18(23)25-2)11-13-21(14-12-20)15-16-9-10-16/h4-8,16H,3,9-15H2,1-2H3. The fraction of sp³-hybridized carbons (Fsp3) is 0.600. The van der Waals surface area contributed by atoms with E-state index in [0.29, 0.717) is 18.5 Å². The maximum absolute atomic E-state index is 12.9. The highest BCUT2D eigenvalue weighted by molar-refractivity contribution is 5.99. The molecule has 0 N–H and O–H groups in total. The minimum absolute atomic E-state index is 0.257. The average Bonchev–Trinajstić information content (AvgIpc) is 3.48. The van der Waals surface area contributed by atoms with Crippen molar-refractivity contribution in [3.63, 3.8) is 0 Å². The summed E-state index contributed by atoms with van der Waals surface area (Å²) in [6.45, 7) is 4.65. The SMILES string of the molecule is CCOC(=O)N(c1ccccc1)C1(C(=O)OC)CCN(CC2CC2)CC1. The van der Waals surface area contributed by atoms with Crippen LogP contribution >= 0.6 is 0 Å². The first kappa shape index (κ1) is 18.7. The molecule has 2 fully saturated rings. The highest BCUT2D eigenvalue weighted by Crippen LogP contribution is 2.37. The van der Waals surface area contributed by atoms with Crippen LogP contribution in [0, 0.1) is 5.92 Å². The number of anilines is 1. The number of para-hydroxylation sites is 1. The Kier molecular flexibility index (Phi) is 5.81. The second kappa shape index (κ2) is 8.08. The van der Waals surface area contributed by atoms with Crippen molar-refractivity contribution in [2.24, 2.45) is 5.92 Å². The summed E-state index contributed by atoms with van der Waals surface area (Å²) < 4.78 is 10.4. The van der Waals surface area contributed by atoms with Crippen molar-refractivity contribution in [1.29, 1.82) is 0 Å². The lowest BCUT2D eigenvalue weighted by Crippen LogP contribution is -2.63. The number of esters is 1. The van der Waals surface area contributed by atoms with Crippen molar-refractivity contribution in [2.75, 3.05) is 38.3 Å². The fourth-order valence-corrected chi connectivity index (χ4v) is 3.77. The van der Waals surface area contributed by atoms with Gasteiger partial charge < -0.3 is 14.4 Å². The van der Waals surface area contributed by atoms with Crippen molar-refractivity contribution in [1.82, 2.24) is 4.90 Å². The molecule has 1 aliphatic carbocycles. The lowest BCUT2D eigenvalue weighted by Gasteiger charge is -2.45. The minimum Gasteiger partial charge on any atom is -0.467 e. The molecule has 1 aromatic carbocycles. The van der Waals surface area contributed by atoms with Crippen LogP contribution in [0.5, 0.6) is 0 Å². The maximum Gasteiger partial charge on any atom is 0.415 e. The van der Waals surface area contributed by atoms with Crippen molar-refractivity contribution < 1.29 is 19.1 Å². The number of amides is 1. The number of rotatable bonds is 6. The molecule has 1 heterocycles. The Morgan fingerprint density at radius 1 is 1.19 bits per heavy atom. The van der Waals surface area contributed by atoms with E-state index in [2.05, 4.69) is 4.90 Å². The van der Waals surface area contributed by atoms with Gasteiger partial charge in [-0.2, -0.15) is 0 Å². The zero-order chi connectivity index (χ0) is 18.6. The van der Waals surface area contributed by atoms with Gasteiger partial charge in [-0.05, 0) is 50.7 Å². The maximum atomic E-state index is 12.9. The summed E-state index contributed by atoms with van der Waals surface area (Å²) in [4.78, 5) is 29.6. The van der Waals surface area contributed by atoms with Gasteiger partial charge in [0.25, 0.3) is 0 Å². The van der Waals surface area contributed by atoms with Gasteiger partial charge in [-0.3, -0.25) is 4.90 Å². The van der Waals surface area contributed by atoms with Gasteiger partial charge in [-0.25, -0.2) is 9.59 Å². The first-order valence-corrected chi connectivity index (χ1v) is 9.43. The normalized spacial score (nSPS) is 19.6. The number of carbonyl (C=O) groups is 2. The van der Waals surface area contributed by atoms with E-state index < -0.39 is 11.6 Å². The second-order valence-corrected chi connectivity index (χ2v) is 7.14. The molecule has 142 valence electrons. The Labute approximate surface area is 155 Å². The molecule has 6 nitrogen and oxygen atoms in total. The minimum atomic E-state index is -1.03. The number of likely N-dealkylation sites (tertiary alicyclic amines) is 1. The lowest BCUT2D eigenvalue weighted by molar-refractivity contribution is -0.149. The molecule has 2 aliphatic rings. The van der Waals surface area contributed by atoms with Gasteiger partial charge in [-0.1, -0.05) is 18.2 Å². The van der Waals surface area contributed by atoms with E-state index in [0.717, 1.165) is 25.6 Å². The van der Waals surface area contributed by atoms with Gasteiger partial charge in [0.1, 0.15) is 0 Å². The molecule has 3 rings (SSSR count). The van der Waals surface area contributed by atoms with Gasteiger partial charge in [0.05, 0.1) is 13.7 Å². The molecule has 26 heavy (non-hydrogen) atoms. The molecule has 0 bridgehead atoms. The van der Waals surface area contributed by atoms with Gasteiger partial charge in [0.2, 0.25) is 0 Å². The third-order valence-electron chi connectivity index (χ3n) is 5.35. The molecule has 1 amide bonds. The van der Waals surface area contributed by atoms with Crippen LogP contribution in [0.1, 0.15) is 32.6 Å². The first-order chi connectivity index (χ1) is 12.6. The molecular weight excluding hydrogens is 332 g/mol. The Morgan fingerprint density at radius 3 is 2.38 bits per heavy atom. The van der Waals surface area contributed by atoms with Crippen LogP contribution in [0.3, 0.4) is 0 Å². The molecule has 1 saturated carbocycles. The molecule has 0 radical (unpaired) electrons. The van der Waals surface area contributed by atoms with E-state index in [1.54, 1.807) is 6.92 Å². The Hall–Kier alpha value is -2.08. The molecule has 1 aliphatic heterocycles. The number of nitrogens with zero attached hydrogens (tertiary/aromatic N) is 2. The Balaban J connectivity index is 1.90. The van der Waals surface area contributed by atoms with Gasteiger partial charge in [0.15, 0.2) is 5.54 Å². The topological polar surface area (TPSA) is 59.1 Å². The fourth-order valence-electron chi connectivity index (χ4n) is 3.77. The summed E-state index contributed by atoms with van der Waals surface area (Å²) in [6.07, 6.45) is 3.19. The zero-order valence-corrected chi connectivity index (χ0v) is 15.6. The highest BCUT2D eigenvalue weighted by Gasteiger charge is 2.51. The van der Waals surface area contributed by atoms with E-state index >= 15 is 0 Å². The highest BCUT2D eigenvalue weighted by atomic mass is 16.6. The first-order valence-electron chi connectivity index (χ1n) is 9.43. The molecule has 0 aromatic heterocycles. The lowest BCUT2D eigenvalue weighted by atomic mass is 9.85. The van der Waals surface area contributed by atoms with Crippen LogP contribution in [0.25, 0.3) is 0 Å². The van der Waals surface area contributed by atoms with Gasteiger partial charge in [0, 0.05) is 25.3 Å². The molecule has 6 heteroatoms. The van der Waals surface area contributed by atoms with Crippen LogP contribution in [-0.2, 0) is 14.3 Å². The summed E-state index contributed by atoms with van der Waals surface area (Å²) in [5, 5.41) is 0. The largest absolute Gasteiger partial charge is 0.467 e. The van der Waals surface area contributed by atoms with Gasteiger partial charge >= 0.3 is 12.1 Å². The summed E-state index contributed by atoms with van der Waals surface area (Å²) in [5.74, 6) is 0.427.